The topological polar surface area (TPSA) is 29.5 Å². The summed E-state index contributed by atoms with van der Waals surface area (Å²) in [4.78, 5) is 0. The molecule has 1 aromatic rings. The van der Waals surface area contributed by atoms with Gasteiger partial charge in [0, 0.05) is 0 Å². The highest BCUT2D eigenvalue weighted by atomic mass is 16.5. The maximum atomic E-state index is 9.50. The van der Waals surface area contributed by atoms with Crippen LogP contribution in [0.15, 0.2) is 18.2 Å². The molecule has 0 spiro atoms. The lowest BCUT2D eigenvalue weighted by Crippen LogP contribution is -2.21. The number of benzene rings is 1. The first-order valence-corrected chi connectivity index (χ1v) is 5.05. The summed E-state index contributed by atoms with van der Waals surface area (Å²) in [6.07, 6.45) is 1.60. The van der Waals surface area contributed by atoms with Crippen LogP contribution in [0.5, 0.6) is 5.75 Å². The van der Waals surface area contributed by atoms with E-state index in [1.807, 2.05) is 39.0 Å². The highest BCUT2D eigenvalue weighted by Gasteiger charge is 2.14. The molecule has 2 nitrogen and oxygen atoms in total. The molecule has 1 aromatic carbocycles. The van der Waals surface area contributed by atoms with Gasteiger partial charge in [0.1, 0.15) is 5.75 Å². The average molecular weight is 192 g/mol. The van der Waals surface area contributed by atoms with Crippen LogP contribution in [0.2, 0.25) is 6.32 Å². The molecular formula is C11H17BO2. The molecule has 3 heteroatoms. The van der Waals surface area contributed by atoms with Crippen molar-refractivity contribution in [3.63, 3.8) is 0 Å². The van der Waals surface area contributed by atoms with Gasteiger partial charge in [-0.25, -0.2) is 0 Å². The van der Waals surface area contributed by atoms with Crippen LogP contribution in [0.3, 0.4) is 0 Å². The van der Waals surface area contributed by atoms with E-state index in [0.717, 1.165) is 23.3 Å². The first-order chi connectivity index (χ1) is 6.63. The van der Waals surface area contributed by atoms with Crippen molar-refractivity contribution >= 4 is 7.12 Å². The Balaban J connectivity index is 2.70. The maximum Gasteiger partial charge on any atom is 0.522 e. The molecule has 0 atom stereocenters. The fraction of sp³-hybridized carbons (Fsp3) is 0.455. The third-order valence-corrected chi connectivity index (χ3v) is 2.14. The van der Waals surface area contributed by atoms with Gasteiger partial charge in [0.2, 0.25) is 0 Å². The average Bonchev–Trinajstić information content (AvgIpc) is 2.12. The summed E-state index contributed by atoms with van der Waals surface area (Å²) in [6, 6.07) is 5.99. The van der Waals surface area contributed by atoms with Crippen molar-refractivity contribution < 1.29 is 9.68 Å². The molecule has 1 rings (SSSR count). The Hall–Kier alpha value is -0.955. The summed E-state index contributed by atoms with van der Waals surface area (Å²) in [6.45, 7) is 6.02. The minimum atomic E-state index is -0.680. The Morgan fingerprint density at radius 2 is 2.07 bits per heavy atom. The second kappa shape index (κ2) is 5.06. The molecule has 0 aliphatic rings. The highest BCUT2D eigenvalue weighted by molar-refractivity contribution is 6.43. The molecule has 14 heavy (non-hydrogen) atoms. The van der Waals surface area contributed by atoms with E-state index in [0.29, 0.717) is 6.32 Å². The Morgan fingerprint density at radius 1 is 1.36 bits per heavy atom. The molecule has 0 heterocycles. The monoisotopic (exact) mass is 192 g/mol. The van der Waals surface area contributed by atoms with E-state index < -0.39 is 7.12 Å². The lowest BCUT2D eigenvalue weighted by Gasteiger charge is -2.12. The fourth-order valence-corrected chi connectivity index (χ4v) is 1.29. The zero-order chi connectivity index (χ0) is 10.6. The van der Waals surface area contributed by atoms with Gasteiger partial charge in [-0.3, -0.25) is 0 Å². The number of rotatable bonds is 4. The summed E-state index contributed by atoms with van der Waals surface area (Å²) in [5, 5.41) is 9.50. The number of hydrogen-bond acceptors (Lipinski definition) is 2. The van der Waals surface area contributed by atoms with Gasteiger partial charge >= 0.3 is 7.12 Å². The van der Waals surface area contributed by atoms with Crippen LogP contribution in [-0.2, 0) is 0 Å². The van der Waals surface area contributed by atoms with Gasteiger partial charge in [0.25, 0.3) is 0 Å². The third-order valence-electron chi connectivity index (χ3n) is 2.14. The lowest BCUT2D eigenvalue weighted by atomic mass is 9.84. The van der Waals surface area contributed by atoms with E-state index >= 15 is 0 Å². The van der Waals surface area contributed by atoms with Crippen LogP contribution in [0, 0.1) is 13.8 Å². The molecule has 0 saturated carbocycles. The minimum absolute atomic E-state index is 0.674. The molecule has 0 aliphatic carbocycles. The van der Waals surface area contributed by atoms with Gasteiger partial charge in [-0.2, -0.15) is 0 Å². The Labute approximate surface area is 86.1 Å². The van der Waals surface area contributed by atoms with Crippen molar-refractivity contribution in [2.45, 2.75) is 33.5 Å². The van der Waals surface area contributed by atoms with Crippen LogP contribution < -0.4 is 4.65 Å². The molecule has 0 fully saturated rings. The van der Waals surface area contributed by atoms with Gasteiger partial charge in [0.05, 0.1) is 0 Å². The van der Waals surface area contributed by atoms with Gasteiger partial charge in [-0.05, 0) is 37.4 Å². The van der Waals surface area contributed by atoms with Crippen molar-refractivity contribution in [1.82, 2.24) is 0 Å². The van der Waals surface area contributed by atoms with Crippen molar-refractivity contribution in [2.75, 3.05) is 0 Å². The number of hydrogen-bond donors (Lipinski definition) is 1. The summed E-state index contributed by atoms with van der Waals surface area (Å²) in [5.41, 5.74) is 2.21. The largest absolute Gasteiger partial charge is 0.536 e. The zero-order valence-electron chi connectivity index (χ0n) is 9.08. The van der Waals surface area contributed by atoms with Crippen LogP contribution in [0.1, 0.15) is 24.5 Å². The summed E-state index contributed by atoms with van der Waals surface area (Å²) >= 11 is 0. The Morgan fingerprint density at radius 3 is 2.71 bits per heavy atom. The lowest BCUT2D eigenvalue weighted by molar-refractivity contribution is 0.410. The number of aryl methyl sites for hydroxylation is 2. The van der Waals surface area contributed by atoms with Crippen molar-refractivity contribution in [2.24, 2.45) is 0 Å². The van der Waals surface area contributed by atoms with E-state index in [2.05, 4.69) is 0 Å². The normalized spacial score (nSPS) is 10.0. The van der Waals surface area contributed by atoms with E-state index in [4.69, 9.17) is 4.65 Å². The van der Waals surface area contributed by atoms with Crippen molar-refractivity contribution in [1.29, 1.82) is 0 Å². The maximum absolute atomic E-state index is 9.50. The molecule has 0 radical (unpaired) electrons. The molecule has 1 N–H and O–H groups in total. The molecule has 0 bridgehead atoms. The molecule has 0 amide bonds. The predicted molar refractivity (Wildman–Crippen MR) is 59.6 cm³/mol. The molecular weight excluding hydrogens is 175 g/mol. The van der Waals surface area contributed by atoms with Crippen molar-refractivity contribution in [3.8, 4) is 5.75 Å². The summed E-state index contributed by atoms with van der Waals surface area (Å²) in [7, 11) is -0.680. The molecule has 0 aromatic heterocycles. The van der Waals surface area contributed by atoms with E-state index in [1.165, 1.54) is 0 Å². The van der Waals surface area contributed by atoms with Crippen molar-refractivity contribution in [3.05, 3.63) is 29.3 Å². The summed E-state index contributed by atoms with van der Waals surface area (Å²) in [5.74, 6) is 0.783. The third kappa shape index (κ3) is 3.07. The summed E-state index contributed by atoms with van der Waals surface area (Å²) < 4.78 is 5.42. The molecule has 0 aliphatic heterocycles. The molecule has 0 saturated heterocycles. The first-order valence-electron chi connectivity index (χ1n) is 5.05. The smallest absolute Gasteiger partial charge is 0.522 e. The van der Waals surface area contributed by atoms with E-state index in [1.54, 1.807) is 0 Å². The Bertz CT molecular complexity index is 299. The second-order valence-electron chi connectivity index (χ2n) is 3.63. The Kier molecular flexibility index (Phi) is 4.02. The van der Waals surface area contributed by atoms with Crippen LogP contribution >= 0.6 is 0 Å². The minimum Gasteiger partial charge on any atom is -0.536 e. The standard InChI is InChI=1S/C11H17BO2/c1-4-7-12(13)14-11-8-9(2)5-6-10(11)3/h5-6,8,13H,4,7H2,1-3H3. The fourth-order valence-electron chi connectivity index (χ4n) is 1.29. The van der Waals surface area contributed by atoms with Gasteiger partial charge in [0.15, 0.2) is 0 Å². The quantitative estimate of drug-likeness (QED) is 0.742. The van der Waals surface area contributed by atoms with Gasteiger partial charge in [-0.15, -0.1) is 0 Å². The van der Waals surface area contributed by atoms with Crippen LogP contribution in [-0.4, -0.2) is 12.1 Å². The van der Waals surface area contributed by atoms with Gasteiger partial charge < -0.3 is 9.68 Å². The molecule has 0 unspecified atom stereocenters. The SMILES string of the molecule is CCCB(O)Oc1cc(C)ccc1C. The van der Waals surface area contributed by atoms with Crippen LogP contribution in [0.4, 0.5) is 0 Å². The van der Waals surface area contributed by atoms with Gasteiger partial charge in [-0.1, -0.05) is 25.5 Å². The van der Waals surface area contributed by atoms with Crippen LogP contribution in [0.25, 0.3) is 0 Å². The second-order valence-corrected chi connectivity index (χ2v) is 3.63. The predicted octanol–water partition coefficient (Wildman–Crippen LogP) is 2.57. The first kappa shape index (κ1) is 11.1. The van der Waals surface area contributed by atoms with E-state index in [9.17, 15) is 5.02 Å². The van der Waals surface area contributed by atoms with E-state index in [-0.39, 0.29) is 0 Å². The zero-order valence-corrected chi connectivity index (χ0v) is 9.08. The molecule has 76 valence electrons. The highest BCUT2D eigenvalue weighted by Crippen LogP contribution is 2.20.